The van der Waals surface area contributed by atoms with Gasteiger partial charge >= 0.3 is 5.97 Å². The number of carbonyl (C=O) groups is 1. The molecule has 0 fully saturated rings. The number of hydrogen-bond donors (Lipinski definition) is 1. The number of thiophene rings is 1. The van der Waals surface area contributed by atoms with Gasteiger partial charge in [0.1, 0.15) is 16.4 Å². The van der Waals surface area contributed by atoms with Gasteiger partial charge in [-0.3, -0.25) is 5.43 Å². The smallest absolute Gasteiger partial charge is 0.350 e. The fourth-order valence-corrected chi connectivity index (χ4v) is 3.95. The normalized spacial score (nSPS) is 11.5. The molecule has 1 heterocycles. The second-order valence-corrected chi connectivity index (χ2v) is 6.97. The zero-order chi connectivity index (χ0) is 19.7. The molecule has 4 rings (SSSR count). The van der Waals surface area contributed by atoms with Gasteiger partial charge in [0.05, 0.1) is 32.7 Å². The van der Waals surface area contributed by atoms with Crippen LogP contribution in [0.1, 0.15) is 20.8 Å². The zero-order valence-electron chi connectivity index (χ0n) is 15.6. The lowest BCUT2D eigenvalue weighted by Crippen LogP contribution is -2.06. The van der Waals surface area contributed by atoms with Crippen LogP contribution in [0.25, 0.3) is 11.1 Å². The first-order chi connectivity index (χ1) is 13.7. The fourth-order valence-electron chi connectivity index (χ4n) is 3.19. The topological polar surface area (TPSA) is 69.2 Å². The van der Waals surface area contributed by atoms with Gasteiger partial charge in [-0.25, -0.2) is 4.79 Å². The van der Waals surface area contributed by atoms with Crippen molar-refractivity contribution in [2.45, 2.75) is 0 Å². The van der Waals surface area contributed by atoms with E-state index >= 15 is 0 Å². The molecular weight excluding hydrogens is 376 g/mol. The fraction of sp³-hybridized carbons (Fsp3) is 0.143. The highest BCUT2D eigenvalue weighted by molar-refractivity contribution is 7.12. The Morgan fingerprint density at radius 2 is 1.50 bits per heavy atom. The average Bonchev–Trinajstić information content (AvgIpc) is 3.33. The summed E-state index contributed by atoms with van der Waals surface area (Å²) in [6.07, 6.45) is 0. The minimum atomic E-state index is -0.395. The molecule has 0 spiro atoms. The maximum absolute atomic E-state index is 11.9. The van der Waals surface area contributed by atoms with E-state index in [-0.39, 0.29) is 0 Å². The monoisotopic (exact) mass is 394 g/mol. The van der Waals surface area contributed by atoms with Gasteiger partial charge in [-0.2, -0.15) is 5.10 Å². The number of benzene rings is 2. The minimum absolute atomic E-state index is 0.395. The predicted octanol–water partition coefficient (Wildman–Crippen LogP) is 4.40. The van der Waals surface area contributed by atoms with Crippen LogP contribution in [0.3, 0.4) is 0 Å². The van der Waals surface area contributed by atoms with Gasteiger partial charge in [-0.1, -0.05) is 0 Å². The Balaban J connectivity index is 1.81. The SMILES string of the molecule is COC(=O)c1sccc1NN=C1c2cc(OC)ccc2-c2ccc(OC)cc21. The van der Waals surface area contributed by atoms with Crippen LogP contribution >= 0.6 is 11.3 Å². The maximum atomic E-state index is 11.9. The molecule has 1 aliphatic carbocycles. The molecule has 0 atom stereocenters. The summed E-state index contributed by atoms with van der Waals surface area (Å²) >= 11 is 1.30. The Labute approximate surface area is 166 Å². The van der Waals surface area contributed by atoms with Crippen LogP contribution in [0.4, 0.5) is 5.69 Å². The van der Waals surface area contributed by atoms with Gasteiger partial charge in [0.25, 0.3) is 0 Å². The summed E-state index contributed by atoms with van der Waals surface area (Å²) in [5, 5.41) is 6.45. The van der Waals surface area contributed by atoms with Crippen molar-refractivity contribution in [2.75, 3.05) is 26.8 Å². The molecule has 6 nitrogen and oxygen atoms in total. The Bertz CT molecular complexity index is 1030. The third-order valence-corrected chi connectivity index (χ3v) is 5.47. The van der Waals surface area contributed by atoms with E-state index in [9.17, 15) is 4.79 Å². The second-order valence-electron chi connectivity index (χ2n) is 6.05. The predicted molar refractivity (Wildman–Crippen MR) is 110 cm³/mol. The molecule has 2 aromatic carbocycles. The number of fused-ring (bicyclic) bond motifs is 3. The zero-order valence-corrected chi connectivity index (χ0v) is 16.4. The summed E-state index contributed by atoms with van der Waals surface area (Å²) in [6.45, 7) is 0. The first kappa shape index (κ1) is 18.1. The molecule has 0 bridgehead atoms. The van der Waals surface area contributed by atoms with Gasteiger partial charge < -0.3 is 14.2 Å². The lowest BCUT2D eigenvalue weighted by molar-refractivity contribution is 0.0607. The highest BCUT2D eigenvalue weighted by atomic mass is 32.1. The number of nitrogens with one attached hydrogen (secondary N) is 1. The van der Waals surface area contributed by atoms with Crippen molar-refractivity contribution >= 4 is 28.7 Å². The molecule has 0 amide bonds. The highest BCUT2D eigenvalue weighted by Crippen LogP contribution is 2.40. The Morgan fingerprint density at radius 3 is 2.04 bits per heavy atom. The van der Waals surface area contributed by atoms with Gasteiger partial charge in [-0.15, -0.1) is 11.3 Å². The summed E-state index contributed by atoms with van der Waals surface area (Å²) < 4.78 is 15.6. The first-order valence-corrected chi connectivity index (χ1v) is 9.41. The van der Waals surface area contributed by atoms with Crippen molar-refractivity contribution in [3.8, 4) is 22.6 Å². The van der Waals surface area contributed by atoms with E-state index in [0.717, 1.165) is 39.5 Å². The van der Waals surface area contributed by atoms with Gasteiger partial charge in [0.15, 0.2) is 0 Å². The highest BCUT2D eigenvalue weighted by Gasteiger charge is 2.26. The van der Waals surface area contributed by atoms with Crippen LogP contribution in [0.5, 0.6) is 11.5 Å². The molecule has 1 aromatic heterocycles. The molecule has 28 heavy (non-hydrogen) atoms. The van der Waals surface area contributed by atoms with Crippen molar-refractivity contribution in [1.82, 2.24) is 0 Å². The lowest BCUT2D eigenvalue weighted by atomic mass is 10.1. The summed E-state index contributed by atoms with van der Waals surface area (Å²) in [7, 11) is 4.63. The number of hydrazone groups is 1. The molecular formula is C21H18N2O4S. The van der Waals surface area contributed by atoms with E-state index in [4.69, 9.17) is 14.2 Å². The van der Waals surface area contributed by atoms with Crippen LogP contribution in [-0.2, 0) is 4.74 Å². The summed E-state index contributed by atoms with van der Waals surface area (Å²) in [5.74, 6) is 1.10. The third kappa shape index (κ3) is 2.99. The van der Waals surface area contributed by atoms with Crippen LogP contribution in [0.2, 0.25) is 0 Å². The number of rotatable bonds is 5. The van der Waals surface area contributed by atoms with E-state index in [1.54, 1.807) is 20.3 Å². The molecule has 7 heteroatoms. The lowest BCUT2D eigenvalue weighted by Gasteiger charge is -2.07. The molecule has 0 saturated carbocycles. The van der Waals surface area contributed by atoms with Gasteiger partial charge in [-0.05, 0) is 59.0 Å². The van der Waals surface area contributed by atoms with E-state index in [0.29, 0.717) is 10.6 Å². The van der Waals surface area contributed by atoms with Crippen LogP contribution in [0, 0.1) is 0 Å². The Hall–Kier alpha value is -3.32. The largest absolute Gasteiger partial charge is 0.497 e. The molecule has 0 radical (unpaired) electrons. The quantitative estimate of drug-likeness (QED) is 0.401. The average molecular weight is 394 g/mol. The number of esters is 1. The van der Waals surface area contributed by atoms with Crippen molar-refractivity contribution in [3.63, 3.8) is 0 Å². The summed E-state index contributed by atoms with van der Waals surface area (Å²) in [4.78, 5) is 12.4. The third-order valence-electron chi connectivity index (χ3n) is 4.58. The molecule has 0 aliphatic heterocycles. The molecule has 1 aliphatic rings. The maximum Gasteiger partial charge on any atom is 0.350 e. The standard InChI is InChI=1S/C21H18N2O4S/c1-25-12-4-6-14-15-7-5-13(26-2)11-17(15)19(16(14)10-12)23-22-18-8-9-28-20(18)21(24)27-3/h4-11,22H,1-3H3. The Morgan fingerprint density at radius 1 is 0.893 bits per heavy atom. The van der Waals surface area contributed by atoms with E-state index in [1.165, 1.54) is 18.4 Å². The number of nitrogens with zero attached hydrogens (tertiary/aromatic N) is 1. The van der Waals surface area contributed by atoms with Crippen LogP contribution in [0.15, 0.2) is 52.9 Å². The van der Waals surface area contributed by atoms with Crippen molar-refractivity contribution in [2.24, 2.45) is 5.10 Å². The number of hydrogen-bond acceptors (Lipinski definition) is 7. The van der Waals surface area contributed by atoms with Crippen molar-refractivity contribution in [3.05, 3.63) is 63.8 Å². The van der Waals surface area contributed by atoms with Crippen LogP contribution < -0.4 is 14.9 Å². The van der Waals surface area contributed by atoms with Crippen molar-refractivity contribution in [1.29, 1.82) is 0 Å². The van der Waals surface area contributed by atoms with Gasteiger partial charge in [0, 0.05) is 11.1 Å². The number of anilines is 1. The summed E-state index contributed by atoms with van der Waals surface area (Å²) in [5.41, 5.74) is 8.41. The van der Waals surface area contributed by atoms with E-state index < -0.39 is 5.97 Å². The van der Waals surface area contributed by atoms with Crippen LogP contribution in [-0.4, -0.2) is 33.0 Å². The number of methoxy groups -OCH3 is 3. The molecule has 3 aromatic rings. The Kier molecular flexibility index (Phi) is 4.75. The number of carbonyl (C=O) groups excluding carboxylic acids is 1. The van der Waals surface area contributed by atoms with E-state index in [1.807, 2.05) is 41.8 Å². The second kappa shape index (κ2) is 7.36. The minimum Gasteiger partial charge on any atom is -0.497 e. The molecule has 1 N–H and O–H groups in total. The van der Waals surface area contributed by atoms with Crippen molar-refractivity contribution < 1.29 is 19.0 Å². The molecule has 0 unspecified atom stereocenters. The van der Waals surface area contributed by atoms with Gasteiger partial charge in [0.2, 0.25) is 0 Å². The molecule has 142 valence electrons. The number of ether oxygens (including phenoxy) is 3. The molecule has 0 saturated heterocycles. The van der Waals surface area contributed by atoms with E-state index in [2.05, 4.69) is 10.5 Å². The summed E-state index contributed by atoms with van der Waals surface area (Å²) in [6, 6.07) is 13.6. The first-order valence-electron chi connectivity index (χ1n) is 8.53.